The largest absolute Gasteiger partial charge is 0.505 e. The van der Waals surface area contributed by atoms with Gasteiger partial charge in [0.2, 0.25) is 0 Å². The van der Waals surface area contributed by atoms with Crippen LogP contribution in [0.2, 0.25) is 0 Å². The molecule has 1 rings (SSSR count). The summed E-state index contributed by atoms with van der Waals surface area (Å²) in [5.74, 6) is 0.546. The Morgan fingerprint density at radius 2 is 2.36 bits per heavy atom. The van der Waals surface area contributed by atoms with Crippen molar-refractivity contribution in [3.8, 4) is 5.75 Å². The summed E-state index contributed by atoms with van der Waals surface area (Å²) in [6.45, 7) is 5.26. The van der Waals surface area contributed by atoms with Crippen molar-refractivity contribution >= 4 is 11.9 Å². The lowest BCUT2D eigenvalue weighted by atomic mass is 10.2. The molecule has 0 saturated carbocycles. The number of nitrogen functional groups attached to an aromatic ring is 1. The van der Waals surface area contributed by atoms with Crippen LogP contribution in [0.4, 0.5) is 5.82 Å². The van der Waals surface area contributed by atoms with Gasteiger partial charge in [-0.25, -0.2) is 4.98 Å². The molecule has 0 aliphatic heterocycles. The van der Waals surface area contributed by atoms with Crippen molar-refractivity contribution in [3.05, 3.63) is 23.9 Å². The number of rotatable bonds is 1. The zero-order valence-corrected chi connectivity index (χ0v) is 6.33. The van der Waals surface area contributed by atoms with Gasteiger partial charge < -0.3 is 10.8 Å². The maximum atomic E-state index is 9.33. The van der Waals surface area contributed by atoms with E-state index in [1.165, 1.54) is 6.08 Å². The smallest absolute Gasteiger partial charge is 0.144 e. The summed E-state index contributed by atoms with van der Waals surface area (Å²) in [4.78, 5) is 3.86. The van der Waals surface area contributed by atoms with Gasteiger partial charge in [-0.15, -0.1) is 0 Å². The second-order valence-corrected chi connectivity index (χ2v) is 2.30. The van der Waals surface area contributed by atoms with E-state index in [1.54, 1.807) is 13.0 Å². The summed E-state index contributed by atoms with van der Waals surface area (Å²) in [5.41, 5.74) is 6.58. The first-order chi connectivity index (χ1) is 5.15. The Labute approximate surface area is 65.2 Å². The molecule has 0 aliphatic rings. The number of aromatic hydroxyl groups is 1. The molecule has 0 atom stereocenters. The standard InChI is InChI=1S/C8H10N2O/c1-3-6-8(11)5(2)4-7(9)10-6/h3-4,11H,1H2,2H3,(H2,9,10). The Hall–Kier alpha value is -1.51. The van der Waals surface area contributed by atoms with E-state index in [2.05, 4.69) is 11.6 Å². The van der Waals surface area contributed by atoms with Crippen LogP contribution in [0.15, 0.2) is 12.6 Å². The molecule has 0 fully saturated rings. The Morgan fingerprint density at radius 1 is 1.73 bits per heavy atom. The van der Waals surface area contributed by atoms with Crippen LogP contribution in [-0.4, -0.2) is 10.1 Å². The van der Waals surface area contributed by atoms with Gasteiger partial charge >= 0.3 is 0 Å². The zero-order valence-electron chi connectivity index (χ0n) is 6.33. The normalized spacial score (nSPS) is 9.55. The molecule has 11 heavy (non-hydrogen) atoms. The second-order valence-electron chi connectivity index (χ2n) is 2.30. The van der Waals surface area contributed by atoms with Gasteiger partial charge in [-0.05, 0) is 24.6 Å². The van der Waals surface area contributed by atoms with Gasteiger partial charge in [-0.3, -0.25) is 0 Å². The van der Waals surface area contributed by atoms with E-state index in [9.17, 15) is 5.11 Å². The van der Waals surface area contributed by atoms with Gasteiger partial charge in [0.05, 0.1) is 0 Å². The first-order valence-corrected chi connectivity index (χ1v) is 3.23. The Morgan fingerprint density at radius 3 is 2.91 bits per heavy atom. The fourth-order valence-electron chi connectivity index (χ4n) is 0.859. The molecule has 58 valence electrons. The lowest BCUT2D eigenvalue weighted by Gasteiger charge is -2.02. The lowest BCUT2D eigenvalue weighted by molar-refractivity contribution is 0.467. The van der Waals surface area contributed by atoms with Crippen molar-refractivity contribution in [2.75, 3.05) is 5.73 Å². The lowest BCUT2D eigenvalue weighted by Crippen LogP contribution is -1.93. The second kappa shape index (κ2) is 2.62. The summed E-state index contributed by atoms with van der Waals surface area (Å²) < 4.78 is 0. The minimum absolute atomic E-state index is 0.147. The first kappa shape index (κ1) is 7.60. The Balaban J connectivity index is 3.35. The monoisotopic (exact) mass is 150 g/mol. The van der Waals surface area contributed by atoms with Crippen LogP contribution in [-0.2, 0) is 0 Å². The molecule has 0 bridgehead atoms. The highest BCUT2D eigenvalue weighted by molar-refractivity contribution is 5.56. The molecule has 0 radical (unpaired) electrons. The van der Waals surface area contributed by atoms with E-state index in [4.69, 9.17) is 5.73 Å². The third-order valence-corrected chi connectivity index (χ3v) is 1.42. The molecule has 1 aromatic rings. The Kier molecular flexibility index (Phi) is 1.81. The maximum absolute atomic E-state index is 9.33. The van der Waals surface area contributed by atoms with E-state index >= 15 is 0 Å². The molecule has 3 nitrogen and oxygen atoms in total. The number of nitrogens with zero attached hydrogens (tertiary/aromatic N) is 1. The van der Waals surface area contributed by atoms with Crippen LogP contribution in [0.1, 0.15) is 11.3 Å². The number of aryl methyl sites for hydroxylation is 1. The van der Waals surface area contributed by atoms with Crippen LogP contribution in [0.3, 0.4) is 0 Å². The summed E-state index contributed by atoms with van der Waals surface area (Å²) in [5, 5.41) is 9.33. The first-order valence-electron chi connectivity index (χ1n) is 3.23. The van der Waals surface area contributed by atoms with E-state index in [-0.39, 0.29) is 5.75 Å². The van der Waals surface area contributed by atoms with Crippen molar-refractivity contribution in [1.29, 1.82) is 0 Å². The molecule has 0 unspecified atom stereocenters. The SMILES string of the molecule is C=Cc1nc(N)cc(C)c1O. The molecule has 1 heterocycles. The molecule has 0 spiro atoms. The Bertz CT molecular complexity index is 294. The quantitative estimate of drug-likeness (QED) is 0.634. The fourth-order valence-corrected chi connectivity index (χ4v) is 0.859. The summed E-state index contributed by atoms with van der Waals surface area (Å²) in [6.07, 6.45) is 1.47. The molecule has 0 aromatic carbocycles. The van der Waals surface area contributed by atoms with Crippen LogP contribution >= 0.6 is 0 Å². The maximum Gasteiger partial charge on any atom is 0.144 e. The van der Waals surface area contributed by atoms with Crippen molar-refractivity contribution in [2.45, 2.75) is 6.92 Å². The highest BCUT2D eigenvalue weighted by Crippen LogP contribution is 2.22. The topological polar surface area (TPSA) is 59.1 Å². The predicted octanol–water partition coefficient (Wildman–Crippen LogP) is 1.32. The number of nitrogens with two attached hydrogens (primary N) is 1. The zero-order chi connectivity index (χ0) is 8.43. The number of anilines is 1. The third kappa shape index (κ3) is 1.32. The number of pyridine rings is 1. The van der Waals surface area contributed by atoms with Gasteiger partial charge in [-0.1, -0.05) is 6.58 Å². The van der Waals surface area contributed by atoms with Gasteiger partial charge in [0.1, 0.15) is 17.3 Å². The average molecular weight is 150 g/mol. The van der Waals surface area contributed by atoms with Crippen LogP contribution in [0.25, 0.3) is 6.08 Å². The van der Waals surface area contributed by atoms with Crippen molar-refractivity contribution in [3.63, 3.8) is 0 Å². The molecule has 0 aliphatic carbocycles. The van der Waals surface area contributed by atoms with Gasteiger partial charge in [0.25, 0.3) is 0 Å². The van der Waals surface area contributed by atoms with Crippen molar-refractivity contribution in [1.82, 2.24) is 4.98 Å². The third-order valence-electron chi connectivity index (χ3n) is 1.42. The van der Waals surface area contributed by atoms with Crippen molar-refractivity contribution < 1.29 is 5.11 Å². The molecule has 1 aromatic heterocycles. The van der Waals surface area contributed by atoms with E-state index in [1.807, 2.05) is 0 Å². The molecular formula is C8H10N2O. The van der Waals surface area contributed by atoms with Crippen LogP contribution in [0.5, 0.6) is 5.75 Å². The average Bonchev–Trinajstić information content (AvgIpc) is 1.96. The number of aromatic nitrogens is 1. The van der Waals surface area contributed by atoms with Crippen LogP contribution < -0.4 is 5.73 Å². The predicted molar refractivity (Wildman–Crippen MR) is 45.1 cm³/mol. The molecule has 3 N–H and O–H groups in total. The van der Waals surface area contributed by atoms with E-state index in [0.717, 1.165) is 0 Å². The highest BCUT2D eigenvalue weighted by Gasteiger charge is 2.02. The fraction of sp³-hybridized carbons (Fsp3) is 0.125. The number of hydrogen-bond acceptors (Lipinski definition) is 3. The van der Waals surface area contributed by atoms with Crippen LogP contribution in [0, 0.1) is 6.92 Å². The number of hydrogen-bond donors (Lipinski definition) is 2. The summed E-state index contributed by atoms with van der Waals surface area (Å²) in [7, 11) is 0. The molecular weight excluding hydrogens is 140 g/mol. The highest BCUT2D eigenvalue weighted by atomic mass is 16.3. The molecule has 0 saturated heterocycles. The van der Waals surface area contributed by atoms with E-state index in [0.29, 0.717) is 17.1 Å². The van der Waals surface area contributed by atoms with Gasteiger partial charge in [-0.2, -0.15) is 0 Å². The van der Waals surface area contributed by atoms with E-state index < -0.39 is 0 Å². The molecule has 3 heteroatoms. The summed E-state index contributed by atoms with van der Waals surface area (Å²) >= 11 is 0. The summed E-state index contributed by atoms with van der Waals surface area (Å²) in [6, 6.07) is 1.61. The minimum Gasteiger partial charge on any atom is -0.505 e. The molecule has 0 amide bonds. The minimum atomic E-state index is 0.147. The van der Waals surface area contributed by atoms with Gasteiger partial charge in [0, 0.05) is 0 Å². The van der Waals surface area contributed by atoms with Gasteiger partial charge in [0.15, 0.2) is 0 Å². The van der Waals surface area contributed by atoms with Crippen molar-refractivity contribution in [2.24, 2.45) is 0 Å².